The Hall–Kier alpha value is -2.55. The van der Waals surface area contributed by atoms with Crippen LogP contribution >= 0.6 is 22.9 Å². The Morgan fingerprint density at radius 2 is 1.82 bits per heavy atom. The molecule has 2 aliphatic heterocycles. The van der Waals surface area contributed by atoms with Crippen molar-refractivity contribution in [1.82, 2.24) is 20.2 Å². The Balaban J connectivity index is 0.000000406. The molecule has 1 saturated carbocycles. The van der Waals surface area contributed by atoms with Gasteiger partial charge < -0.3 is 10.3 Å². The fourth-order valence-corrected chi connectivity index (χ4v) is 6.17. The van der Waals surface area contributed by atoms with Gasteiger partial charge in [0.15, 0.2) is 0 Å². The predicted octanol–water partition coefficient (Wildman–Crippen LogP) is 3.82. The van der Waals surface area contributed by atoms with E-state index in [9.17, 15) is 14.4 Å². The molecule has 6 rings (SSSR count). The summed E-state index contributed by atoms with van der Waals surface area (Å²) in [7, 11) is 0. The van der Waals surface area contributed by atoms with Crippen molar-refractivity contribution in [3.63, 3.8) is 0 Å². The van der Waals surface area contributed by atoms with Crippen molar-refractivity contribution in [2.75, 3.05) is 13.1 Å². The van der Waals surface area contributed by atoms with Gasteiger partial charge in [0.05, 0.1) is 33.6 Å². The van der Waals surface area contributed by atoms with E-state index < -0.39 is 0 Å². The van der Waals surface area contributed by atoms with Gasteiger partial charge in [0, 0.05) is 28.4 Å². The molecule has 3 fully saturated rings. The van der Waals surface area contributed by atoms with Crippen LogP contribution in [0.15, 0.2) is 35.4 Å². The number of thiophene rings is 1. The Bertz CT molecular complexity index is 1280. The molecule has 7 nitrogen and oxygen atoms in total. The van der Waals surface area contributed by atoms with E-state index in [1.165, 1.54) is 48.4 Å². The SMILES string of the molecule is C1CCNC1.CC1(C)C2C(=O)N(Cc3cc4nccc(-c5cc(Cl)c[nH]c5=O)c4s3)C(=O)C21. The summed E-state index contributed by atoms with van der Waals surface area (Å²) in [5.74, 6) is -0.546. The molecule has 9 heteroatoms. The second kappa shape index (κ2) is 8.34. The highest BCUT2D eigenvalue weighted by Gasteiger charge is 2.72. The molecule has 3 aromatic heterocycles. The first kappa shape index (κ1) is 22.3. The Morgan fingerprint density at radius 1 is 1.12 bits per heavy atom. The number of nitrogens with zero attached hydrogens (tertiary/aromatic N) is 2. The van der Waals surface area contributed by atoms with Crippen LogP contribution in [0, 0.1) is 17.3 Å². The Kier molecular flexibility index (Phi) is 5.63. The van der Waals surface area contributed by atoms with E-state index in [-0.39, 0.29) is 41.2 Å². The maximum atomic E-state index is 12.6. The number of aromatic amines is 1. The zero-order valence-electron chi connectivity index (χ0n) is 18.5. The number of nitrogens with one attached hydrogen (secondary N) is 2. The van der Waals surface area contributed by atoms with Crippen LogP contribution in [0.25, 0.3) is 21.3 Å². The molecule has 0 bridgehead atoms. The molecular formula is C24H25ClN4O3S. The third kappa shape index (κ3) is 3.90. The predicted molar refractivity (Wildman–Crippen MR) is 129 cm³/mol. The topological polar surface area (TPSA) is 95.2 Å². The van der Waals surface area contributed by atoms with Gasteiger partial charge in [0.25, 0.3) is 5.56 Å². The summed E-state index contributed by atoms with van der Waals surface area (Å²) in [4.78, 5) is 46.7. The molecule has 0 radical (unpaired) electrons. The number of fused-ring (bicyclic) bond motifs is 2. The molecule has 3 aliphatic rings. The van der Waals surface area contributed by atoms with Crippen molar-refractivity contribution in [3.05, 3.63) is 50.8 Å². The van der Waals surface area contributed by atoms with E-state index in [2.05, 4.69) is 15.3 Å². The smallest absolute Gasteiger partial charge is 0.255 e. The highest BCUT2D eigenvalue weighted by Crippen LogP contribution is 2.63. The first-order valence-corrected chi connectivity index (χ1v) is 12.3. The molecule has 0 spiro atoms. The summed E-state index contributed by atoms with van der Waals surface area (Å²) in [6.07, 6.45) is 5.86. The first-order chi connectivity index (χ1) is 15.8. The number of likely N-dealkylation sites (tertiary alicyclic amines) is 1. The quantitative estimate of drug-likeness (QED) is 0.551. The third-order valence-electron chi connectivity index (χ3n) is 6.78. The maximum absolute atomic E-state index is 12.6. The highest BCUT2D eigenvalue weighted by molar-refractivity contribution is 7.19. The van der Waals surface area contributed by atoms with Gasteiger partial charge in [-0.3, -0.25) is 24.3 Å². The molecule has 2 atom stereocenters. The number of aromatic nitrogens is 2. The van der Waals surface area contributed by atoms with Gasteiger partial charge in [-0.1, -0.05) is 25.4 Å². The lowest BCUT2D eigenvalue weighted by Crippen LogP contribution is -2.35. The number of H-pyrrole nitrogens is 1. The number of hydrogen-bond acceptors (Lipinski definition) is 6. The summed E-state index contributed by atoms with van der Waals surface area (Å²) in [5.41, 5.74) is 1.46. The summed E-state index contributed by atoms with van der Waals surface area (Å²) in [5, 5.41) is 3.66. The average Bonchev–Trinajstić information content (AvgIpc) is 3.30. The van der Waals surface area contributed by atoms with Crippen molar-refractivity contribution in [2.24, 2.45) is 17.3 Å². The molecule has 2 saturated heterocycles. The number of imide groups is 1. The van der Waals surface area contributed by atoms with Gasteiger partial charge >= 0.3 is 0 Å². The normalized spacial score (nSPS) is 22.9. The Labute approximate surface area is 200 Å². The van der Waals surface area contributed by atoms with Crippen LogP contribution in [0.2, 0.25) is 5.02 Å². The third-order valence-corrected chi connectivity index (χ3v) is 8.14. The van der Waals surface area contributed by atoms with Crippen molar-refractivity contribution in [1.29, 1.82) is 0 Å². The minimum atomic E-state index is -0.237. The lowest BCUT2D eigenvalue weighted by atomic mass is 10.1. The molecule has 2 N–H and O–H groups in total. The minimum absolute atomic E-state index is 0.0862. The van der Waals surface area contributed by atoms with Crippen LogP contribution in [-0.2, 0) is 16.1 Å². The minimum Gasteiger partial charge on any atom is -0.327 e. The summed E-state index contributed by atoms with van der Waals surface area (Å²) in [6.45, 7) is 6.67. The van der Waals surface area contributed by atoms with Crippen LogP contribution in [0.1, 0.15) is 31.6 Å². The number of hydrogen-bond donors (Lipinski definition) is 2. The zero-order chi connectivity index (χ0) is 23.3. The number of piperidine rings is 1. The van der Waals surface area contributed by atoms with E-state index in [4.69, 9.17) is 11.6 Å². The maximum Gasteiger partial charge on any atom is 0.255 e. The van der Waals surface area contributed by atoms with Gasteiger partial charge in [-0.2, -0.15) is 0 Å². The number of carbonyl (C=O) groups excluding carboxylic acids is 2. The monoisotopic (exact) mass is 484 g/mol. The molecule has 2 amide bonds. The molecule has 1 aliphatic carbocycles. The van der Waals surface area contributed by atoms with Crippen LogP contribution in [0.5, 0.6) is 0 Å². The van der Waals surface area contributed by atoms with Gasteiger partial charge in [-0.05, 0) is 49.5 Å². The van der Waals surface area contributed by atoms with Crippen LogP contribution < -0.4 is 10.9 Å². The largest absolute Gasteiger partial charge is 0.327 e. The summed E-state index contributed by atoms with van der Waals surface area (Å²) < 4.78 is 0.829. The molecule has 2 unspecified atom stereocenters. The van der Waals surface area contributed by atoms with Crippen LogP contribution in [-0.4, -0.2) is 39.8 Å². The van der Waals surface area contributed by atoms with E-state index in [0.717, 1.165) is 20.7 Å². The Morgan fingerprint density at radius 3 is 2.45 bits per heavy atom. The van der Waals surface area contributed by atoms with Gasteiger partial charge in [-0.25, -0.2) is 0 Å². The molecular weight excluding hydrogens is 460 g/mol. The lowest BCUT2D eigenvalue weighted by Gasteiger charge is -2.19. The number of rotatable bonds is 3. The van der Waals surface area contributed by atoms with Crippen molar-refractivity contribution in [2.45, 2.75) is 33.2 Å². The first-order valence-electron chi connectivity index (χ1n) is 11.1. The van der Waals surface area contributed by atoms with E-state index in [1.54, 1.807) is 18.3 Å². The molecule has 172 valence electrons. The van der Waals surface area contributed by atoms with E-state index in [0.29, 0.717) is 10.6 Å². The van der Waals surface area contributed by atoms with Gasteiger partial charge in [-0.15, -0.1) is 11.3 Å². The van der Waals surface area contributed by atoms with Crippen LogP contribution in [0.3, 0.4) is 0 Å². The van der Waals surface area contributed by atoms with Crippen molar-refractivity contribution < 1.29 is 9.59 Å². The van der Waals surface area contributed by atoms with Crippen LogP contribution in [0.4, 0.5) is 0 Å². The molecule has 0 aromatic carbocycles. The number of pyridine rings is 2. The lowest BCUT2D eigenvalue weighted by molar-refractivity contribution is -0.143. The second-order valence-corrected chi connectivity index (χ2v) is 10.9. The van der Waals surface area contributed by atoms with Crippen molar-refractivity contribution in [3.8, 4) is 11.1 Å². The average molecular weight is 485 g/mol. The molecule has 5 heterocycles. The number of halogens is 1. The standard InChI is InChI=1S/C20H16ClN3O3S.C4H9N/c1-20(2)14-15(20)19(27)24(18(14)26)8-10-6-13-16(28-10)11(3-4-22-13)12-5-9(21)7-23-17(12)25;1-2-4-5-3-1/h3-7,14-15H,8H2,1-2H3,(H,23,25);5H,1-4H2. The summed E-state index contributed by atoms with van der Waals surface area (Å²) in [6, 6.07) is 5.27. The van der Waals surface area contributed by atoms with Gasteiger partial charge in [0.2, 0.25) is 11.8 Å². The van der Waals surface area contributed by atoms with E-state index >= 15 is 0 Å². The number of amides is 2. The second-order valence-electron chi connectivity index (χ2n) is 9.34. The molecule has 33 heavy (non-hydrogen) atoms. The number of carbonyl (C=O) groups is 2. The summed E-state index contributed by atoms with van der Waals surface area (Å²) >= 11 is 7.48. The highest BCUT2D eigenvalue weighted by atomic mass is 35.5. The zero-order valence-corrected chi connectivity index (χ0v) is 20.1. The molecule has 3 aromatic rings. The van der Waals surface area contributed by atoms with Gasteiger partial charge in [0.1, 0.15) is 0 Å². The fraction of sp³-hybridized carbons (Fsp3) is 0.417. The van der Waals surface area contributed by atoms with E-state index in [1.807, 2.05) is 19.9 Å². The van der Waals surface area contributed by atoms with Crippen molar-refractivity contribution >= 4 is 45.0 Å². The fourth-order valence-electron chi connectivity index (χ4n) is 4.88.